The lowest BCUT2D eigenvalue weighted by Gasteiger charge is -2.37. The molecule has 0 bridgehead atoms. The molecule has 0 N–H and O–H groups in total. The average Bonchev–Trinajstić information content (AvgIpc) is 3.05. The molecule has 2 fully saturated rings. The van der Waals surface area contributed by atoms with Crippen LogP contribution in [0.2, 0.25) is 0 Å². The second-order valence-electron chi connectivity index (χ2n) is 6.13. The summed E-state index contributed by atoms with van der Waals surface area (Å²) in [4.78, 5) is 5.12. The van der Waals surface area contributed by atoms with Crippen LogP contribution in [0.15, 0.2) is 12.4 Å². The molecule has 0 aliphatic carbocycles. The van der Waals surface area contributed by atoms with Crippen molar-refractivity contribution in [2.75, 3.05) is 46.5 Å². The van der Waals surface area contributed by atoms with Crippen LogP contribution < -0.4 is 0 Å². The zero-order valence-electron chi connectivity index (χ0n) is 13.1. The van der Waals surface area contributed by atoms with Crippen molar-refractivity contribution in [1.29, 1.82) is 0 Å². The van der Waals surface area contributed by atoms with Gasteiger partial charge < -0.3 is 9.47 Å². The fourth-order valence-electron chi connectivity index (χ4n) is 3.43. The molecule has 0 unspecified atom stereocenters. The highest BCUT2D eigenvalue weighted by atomic mass is 16.5. The van der Waals surface area contributed by atoms with Crippen molar-refractivity contribution >= 4 is 0 Å². The fraction of sp³-hybridized carbons (Fsp3) is 0.800. The largest absolute Gasteiger partial charge is 0.382 e. The van der Waals surface area contributed by atoms with E-state index in [-0.39, 0.29) is 0 Å². The molecule has 0 spiro atoms. The van der Waals surface area contributed by atoms with E-state index in [0.717, 1.165) is 39.1 Å². The maximum absolute atomic E-state index is 5.89. The molecule has 6 heteroatoms. The van der Waals surface area contributed by atoms with Crippen LogP contribution in [-0.2, 0) is 23.1 Å². The molecule has 0 radical (unpaired) electrons. The van der Waals surface area contributed by atoms with Gasteiger partial charge in [0, 0.05) is 64.7 Å². The molecule has 6 nitrogen and oxygen atoms in total. The number of hydrogen-bond acceptors (Lipinski definition) is 5. The van der Waals surface area contributed by atoms with Crippen LogP contribution in [0.4, 0.5) is 0 Å². The van der Waals surface area contributed by atoms with Crippen LogP contribution in [0.1, 0.15) is 12.0 Å². The van der Waals surface area contributed by atoms with Crippen LogP contribution in [-0.4, -0.2) is 78.2 Å². The van der Waals surface area contributed by atoms with E-state index in [1.807, 2.05) is 17.9 Å². The van der Waals surface area contributed by atoms with Gasteiger partial charge in [0.1, 0.15) is 0 Å². The van der Waals surface area contributed by atoms with Crippen molar-refractivity contribution in [3.63, 3.8) is 0 Å². The Labute approximate surface area is 126 Å². The van der Waals surface area contributed by atoms with E-state index >= 15 is 0 Å². The number of rotatable bonds is 6. The zero-order chi connectivity index (χ0) is 14.7. The van der Waals surface area contributed by atoms with E-state index in [0.29, 0.717) is 25.4 Å². The SMILES string of the molecule is COCCO[C@@H]1C[C@H]2CN(Cc3cnn(C)c3)CCN2C1. The van der Waals surface area contributed by atoms with Crippen molar-refractivity contribution in [2.45, 2.75) is 25.1 Å². The maximum atomic E-state index is 5.89. The highest BCUT2D eigenvalue weighted by Crippen LogP contribution is 2.24. The third-order valence-electron chi connectivity index (χ3n) is 4.47. The summed E-state index contributed by atoms with van der Waals surface area (Å²) in [5.41, 5.74) is 1.30. The highest BCUT2D eigenvalue weighted by molar-refractivity contribution is 5.04. The first-order chi connectivity index (χ1) is 10.2. The zero-order valence-corrected chi connectivity index (χ0v) is 13.1. The second-order valence-corrected chi connectivity index (χ2v) is 6.13. The molecule has 2 atom stereocenters. The Hall–Kier alpha value is -0.950. The quantitative estimate of drug-likeness (QED) is 0.708. The van der Waals surface area contributed by atoms with Crippen molar-refractivity contribution < 1.29 is 9.47 Å². The number of hydrogen-bond donors (Lipinski definition) is 0. The first kappa shape index (κ1) is 15.0. The van der Waals surface area contributed by atoms with E-state index in [4.69, 9.17) is 9.47 Å². The minimum atomic E-state index is 0.378. The summed E-state index contributed by atoms with van der Waals surface area (Å²) in [6, 6.07) is 0.642. The van der Waals surface area contributed by atoms with E-state index in [1.54, 1.807) is 7.11 Å². The molecule has 3 rings (SSSR count). The lowest BCUT2D eigenvalue weighted by atomic mass is 10.1. The summed E-state index contributed by atoms with van der Waals surface area (Å²) in [6.07, 6.45) is 5.60. The van der Waals surface area contributed by atoms with Crippen LogP contribution in [0.25, 0.3) is 0 Å². The molecule has 0 amide bonds. The van der Waals surface area contributed by atoms with Crippen molar-refractivity contribution in [3.8, 4) is 0 Å². The minimum Gasteiger partial charge on any atom is -0.382 e. The van der Waals surface area contributed by atoms with Gasteiger partial charge in [-0.15, -0.1) is 0 Å². The van der Waals surface area contributed by atoms with Gasteiger partial charge in [-0.05, 0) is 6.42 Å². The lowest BCUT2D eigenvalue weighted by Crippen LogP contribution is -2.49. The molecular formula is C15H26N4O2. The molecule has 0 saturated carbocycles. The highest BCUT2D eigenvalue weighted by Gasteiger charge is 2.36. The van der Waals surface area contributed by atoms with Gasteiger partial charge in [0.15, 0.2) is 0 Å². The number of fused-ring (bicyclic) bond motifs is 1. The number of piperazine rings is 1. The molecule has 21 heavy (non-hydrogen) atoms. The molecule has 3 heterocycles. The van der Waals surface area contributed by atoms with E-state index < -0.39 is 0 Å². The van der Waals surface area contributed by atoms with E-state index in [2.05, 4.69) is 21.1 Å². The minimum absolute atomic E-state index is 0.378. The number of ether oxygens (including phenoxy) is 2. The second kappa shape index (κ2) is 6.87. The number of aryl methyl sites for hydroxylation is 1. The van der Waals surface area contributed by atoms with Gasteiger partial charge in [0.05, 0.1) is 25.5 Å². The summed E-state index contributed by atoms with van der Waals surface area (Å²) >= 11 is 0. The van der Waals surface area contributed by atoms with E-state index in [9.17, 15) is 0 Å². The number of aromatic nitrogens is 2. The molecule has 2 saturated heterocycles. The topological polar surface area (TPSA) is 42.8 Å². The summed E-state index contributed by atoms with van der Waals surface area (Å²) in [7, 11) is 3.69. The van der Waals surface area contributed by atoms with Gasteiger partial charge >= 0.3 is 0 Å². The number of methoxy groups -OCH3 is 1. The van der Waals surface area contributed by atoms with Gasteiger partial charge in [0.25, 0.3) is 0 Å². The first-order valence-corrected chi connectivity index (χ1v) is 7.79. The normalized spacial score (nSPS) is 27.1. The molecule has 118 valence electrons. The Balaban J connectivity index is 1.47. The molecule has 1 aromatic heterocycles. The average molecular weight is 294 g/mol. The van der Waals surface area contributed by atoms with Gasteiger partial charge in [-0.1, -0.05) is 0 Å². The van der Waals surface area contributed by atoms with Crippen molar-refractivity contribution in [2.24, 2.45) is 7.05 Å². The van der Waals surface area contributed by atoms with Gasteiger partial charge in [-0.3, -0.25) is 14.5 Å². The van der Waals surface area contributed by atoms with Crippen molar-refractivity contribution in [3.05, 3.63) is 18.0 Å². The third kappa shape index (κ3) is 3.83. The van der Waals surface area contributed by atoms with Gasteiger partial charge in [-0.2, -0.15) is 5.10 Å². The monoisotopic (exact) mass is 294 g/mol. The Kier molecular flexibility index (Phi) is 4.90. The Morgan fingerprint density at radius 2 is 2.19 bits per heavy atom. The third-order valence-corrected chi connectivity index (χ3v) is 4.47. The summed E-state index contributed by atoms with van der Waals surface area (Å²) in [5.74, 6) is 0. The number of nitrogens with zero attached hydrogens (tertiary/aromatic N) is 4. The Morgan fingerprint density at radius 3 is 2.95 bits per heavy atom. The maximum Gasteiger partial charge on any atom is 0.0718 e. The fourth-order valence-corrected chi connectivity index (χ4v) is 3.43. The van der Waals surface area contributed by atoms with Crippen LogP contribution in [0.3, 0.4) is 0 Å². The summed E-state index contributed by atoms with van der Waals surface area (Å²) < 4.78 is 12.8. The van der Waals surface area contributed by atoms with Crippen LogP contribution >= 0.6 is 0 Å². The summed E-state index contributed by atoms with van der Waals surface area (Å²) in [5, 5.41) is 4.25. The Bertz CT molecular complexity index is 451. The predicted molar refractivity (Wildman–Crippen MR) is 80.1 cm³/mol. The summed E-state index contributed by atoms with van der Waals surface area (Å²) in [6.45, 7) is 6.90. The van der Waals surface area contributed by atoms with Crippen LogP contribution in [0.5, 0.6) is 0 Å². The standard InChI is InChI=1S/C15H26N4O2/c1-17-9-13(8-16-17)10-18-3-4-19-12-15(7-14(19)11-18)21-6-5-20-2/h8-9,14-15H,3-7,10-12H2,1-2H3/t14-,15+/m0/s1. The predicted octanol–water partition coefficient (Wildman–Crippen LogP) is 0.342. The molecule has 2 aliphatic rings. The van der Waals surface area contributed by atoms with Gasteiger partial charge in [-0.25, -0.2) is 0 Å². The van der Waals surface area contributed by atoms with Crippen molar-refractivity contribution in [1.82, 2.24) is 19.6 Å². The first-order valence-electron chi connectivity index (χ1n) is 7.79. The smallest absolute Gasteiger partial charge is 0.0718 e. The molecular weight excluding hydrogens is 268 g/mol. The molecule has 1 aromatic rings. The molecule has 0 aromatic carbocycles. The lowest BCUT2D eigenvalue weighted by molar-refractivity contribution is 0.0220. The Morgan fingerprint density at radius 1 is 1.29 bits per heavy atom. The molecule has 2 aliphatic heterocycles. The van der Waals surface area contributed by atoms with E-state index in [1.165, 1.54) is 5.56 Å². The van der Waals surface area contributed by atoms with Gasteiger partial charge in [0.2, 0.25) is 0 Å². The van der Waals surface area contributed by atoms with Crippen LogP contribution in [0, 0.1) is 0 Å².